The Kier molecular flexibility index (Phi) is 4.78. The fourth-order valence-corrected chi connectivity index (χ4v) is 4.95. The molecule has 3 aromatic carbocycles. The third-order valence-corrected chi connectivity index (χ3v) is 6.63. The summed E-state index contributed by atoms with van der Waals surface area (Å²) in [5.74, 6) is 0. The van der Waals surface area contributed by atoms with Gasteiger partial charge >= 0.3 is 0 Å². The van der Waals surface area contributed by atoms with Crippen LogP contribution in [-0.2, 0) is 6.42 Å². The van der Waals surface area contributed by atoms with Gasteiger partial charge in [-0.05, 0) is 42.0 Å². The molecule has 0 aliphatic heterocycles. The molecule has 6 aromatic rings. The molecular weight excluding hydrogens is 428 g/mol. The van der Waals surface area contributed by atoms with Gasteiger partial charge in [0.15, 0.2) is 5.65 Å². The number of rotatable bonds is 4. The Labute approximate surface area is 193 Å². The van der Waals surface area contributed by atoms with Crippen LogP contribution < -0.4 is 5.56 Å². The first kappa shape index (κ1) is 19.5. The first-order valence-corrected chi connectivity index (χ1v) is 11.4. The number of nitrogens with zero attached hydrogens (tertiary/aromatic N) is 4. The summed E-state index contributed by atoms with van der Waals surface area (Å²) < 4.78 is 2.80. The number of thiazole rings is 1. The van der Waals surface area contributed by atoms with Crippen molar-refractivity contribution in [3.63, 3.8) is 0 Å². The molecule has 33 heavy (non-hydrogen) atoms. The normalized spacial score (nSPS) is 11.3. The molecule has 0 saturated heterocycles. The number of hydrogen-bond acceptors (Lipinski definition) is 5. The van der Waals surface area contributed by atoms with Crippen LogP contribution in [0.3, 0.4) is 0 Å². The van der Waals surface area contributed by atoms with Gasteiger partial charge in [0.05, 0.1) is 15.9 Å². The molecule has 0 N–H and O–H groups in total. The van der Waals surface area contributed by atoms with Crippen molar-refractivity contribution in [3.8, 4) is 16.3 Å². The van der Waals surface area contributed by atoms with Crippen molar-refractivity contribution >= 4 is 32.7 Å². The smallest absolute Gasteiger partial charge is 0.267 e. The van der Waals surface area contributed by atoms with E-state index in [4.69, 9.17) is 4.98 Å². The minimum atomic E-state index is -0.161. The summed E-state index contributed by atoms with van der Waals surface area (Å²) in [4.78, 5) is 27.6. The first-order chi connectivity index (χ1) is 16.3. The SMILES string of the molecule is O=c1c(Cc2ccccc2)nc2cccnc2n1-c1cccc(-c2nc3ccccc3s2)c1. The summed E-state index contributed by atoms with van der Waals surface area (Å²) in [6.45, 7) is 0. The standard InChI is InChI=1S/C27H18N4OS/c32-27-23(16-18-8-2-1-3-9-18)29-22-13-7-15-28-25(22)31(27)20-11-6-10-19(17-20)26-30-21-12-4-5-14-24(21)33-26/h1-15,17H,16H2. The maximum Gasteiger partial charge on any atom is 0.278 e. The molecule has 0 aliphatic rings. The number of benzene rings is 3. The zero-order valence-corrected chi connectivity index (χ0v) is 18.4. The molecule has 0 aliphatic carbocycles. The molecule has 3 aromatic heterocycles. The molecule has 0 amide bonds. The lowest BCUT2D eigenvalue weighted by Gasteiger charge is -2.12. The fraction of sp³-hybridized carbons (Fsp3) is 0.0370. The van der Waals surface area contributed by atoms with Crippen LogP contribution in [0, 0.1) is 0 Å². The fourth-order valence-electron chi connectivity index (χ4n) is 3.98. The summed E-state index contributed by atoms with van der Waals surface area (Å²) in [5.41, 5.74) is 5.29. The monoisotopic (exact) mass is 446 g/mol. The lowest BCUT2D eigenvalue weighted by Crippen LogP contribution is -2.25. The minimum absolute atomic E-state index is 0.161. The predicted molar refractivity (Wildman–Crippen MR) is 133 cm³/mol. The Morgan fingerprint density at radius 3 is 2.48 bits per heavy atom. The first-order valence-electron chi connectivity index (χ1n) is 10.6. The van der Waals surface area contributed by atoms with Gasteiger partial charge in [-0.25, -0.2) is 15.0 Å². The molecule has 0 atom stereocenters. The molecule has 0 unspecified atom stereocenters. The van der Waals surface area contributed by atoms with Gasteiger partial charge in [0, 0.05) is 18.2 Å². The highest BCUT2D eigenvalue weighted by Crippen LogP contribution is 2.31. The second-order valence-corrected chi connectivity index (χ2v) is 8.78. The van der Waals surface area contributed by atoms with Crippen molar-refractivity contribution in [2.24, 2.45) is 0 Å². The van der Waals surface area contributed by atoms with Crippen molar-refractivity contribution in [3.05, 3.63) is 119 Å². The van der Waals surface area contributed by atoms with Gasteiger partial charge in [-0.2, -0.15) is 0 Å². The lowest BCUT2D eigenvalue weighted by atomic mass is 10.1. The molecule has 5 nitrogen and oxygen atoms in total. The number of fused-ring (bicyclic) bond motifs is 2. The van der Waals surface area contributed by atoms with E-state index in [1.807, 2.05) is 84.9 Å². The lowest BCUT2D eigenvalue weighted by molar-refractivity contribution is 0.927. The topological polar surface area (TPSA) is 60.7 Å². The van der Waals surface area contributed by atoms with E-state index in [-0.39, 0.29) is 5.56 Å². The van der Waals surface area contributed by atoms with Gasteiger partial charge < -0.3 is 0 Å². The summed E-state index contributed by atoms with van der Waals surface area (Å²) in [5, 5.41) is 0.918. The zero-order chi connectivity index (χ0) is 22.2. The second-order valence-electron chi connectivity index (χ2n) is 7.74. The number of pyridine rings is 1. The molecule has 3 heterocycles. The van der Waals surface area contributed by atoms with E-state index in [0.717, 1.165) is 32.0 Å². The van der Waals surface area contributed by atoms with E-state index in [1.54, 1.807) is 22.1 Å². The average molecular weight is 447 g/mol. The van der Waals surface area contributed by atoms with Crippen LogP contribution in [0.4, 0.5) is 0 Å². The van der Waals surface area contributed by atoms with Crippen LogP contribution in [0.5, 0.6) is 0 Å². The maximum atomic E-state index is 13.6. The van der Waals surface area contributed by atoms with Crippen LogP contribution in [0.15, 0.2) is 102 Å². The van der Waals surface area contributed by atoms with Crippen LogP contribution in [0.2, 0.25) is 0 Å². The molecule has 158 valence electrons. The maximum absolute atomic E-state index is 13.6. The van der Waals surface area contributed by atoms with Crippen molar-refractivity contribution < 1.29 is 0 Å². The largest absolute Gasteiger partial charge is 0.278 e. The number of aromatic nitrogens is 4. The third-order valence-electron chi connectivity index (χ3n) is 5.54. The molecule has 0 fully saturated rings. The zero-order valence-electron chi connectivity index (χ0n) is 17.6. The molecular formula is C27H18N4OS. The Morgan fingerprint density at radius 1 is 0.788 bits per heavy atom. The van der Waals surface area contributed by atoms with E-state index >= 15 is 0 Å². The summed E-state index contributed by atoms with van der Waals surface area (Å²) in [7, 11) is 0. The van der Waals surface area contributed by atoms with Crippen molar-refractivity contribution in [2.75, 3.05) is 0 Å². The highest BCUT2D eigenvalue weighted by molar-refractivity contribution is 7.21. The predicted octanol–water partition coefficient (Wildman–Crippen LogP) is 5.65. The van der Waals surface area contributed by atoms with Crippen LogP contribution in [0.1, 0.15) is 11.3 Å². The number of para-hydroxylation sites is 1. The highest BCUT2D eigenvalue weighted by Gasteiger charge is 2.15. The van der Waals surface area contributed by atoms with Crippen LogP contribution in [-0.4, -0.2) is 19.5 Å². The molecule has 0 spiro atoms. The third kappa shape index (κ3) is 3.60. The van der Waals surface area contributed by atoms with E-state index in [9.17, 15) is 4.79 Å². The van der Waals surface area contributed by atoms with E-state index in [0.29, 0.717) is 23.3 Å². The Morgan fingerprint density at radius 2 is 1.61 bits per heavy atom. The van der Waals surface area contributed by atoms with Crippen molar-refractivity contribution in [1.29, 1.82) is 0 Å². The Bertz CT molecular complexity index is 1640. The molecule has 0 radical (unpaired) electrons. The van der Waals surface area contributed by atoms with Gasteiger partial charge in [0.2, 0.25) is 0 Å². The quantitative estimate of drug-likeness (QED) is 0.351. The molecule has 6 heteroatoms. The molecule has 6 rings (SSSR count). The van der Waals surface area contributed by atoms with Gasteiger partial charge in [-0.1, -0.05) is 54.6 Å². The van der Waals surface area contributed by atoms with Crippen LogP contribution in [0.25, 0.3) is 37.6 Å². The van der Waals surface area contributed by atoms with Crippen molar-refractivity contribution in [1.82, 2.24) is 19.5 Å². The Balaban J connectivity index is 1.53. The van der Waals surface area contributed by atoms with Gasteiger partial charge in [0.1, 0.15) is 16.2 Å². The van der Waals surface area contributed by atoms with E-state index < -0.39 is 0 Å². The summed E-state index contributed by atoms with van der Waals surface area (Å²) in [6.07, 6.45) is 2.15. The average Bonchev–Trinajstić information content (AvgIpc) is 3.30. The summed E-state index contributed by atoms with van der Waals surface area (Å²) in [6, 6.07) is 29.6. The molecule has 0 bridgehead atoms. The van der Waals surface area contributed by atoms with Gasteiger partial charge in [-0.3, -0.25) is 9.36 Å². The van der Waals surface area contributed by atoms with Gasteiger partial charge in [-0.15, -0.1) is 11.3 Å². The van der Waals surface area contributed by atoms with Crippen LogP contribution >= 0.6 is 11.3 Å². The Hall–Kier alpha value is -4.16. The second kappa shape index (κ2) is 8.07. The van der Waals surface area contributed by atoms with Gasteiger partial charge in [0.25, 0.3) is 5.56 Å². The highest BCUT2D eigenvalue weighted by atomic mass is 32.1. The van der Waals surface area contributed by atoms with Crippen molar-refractivity contribution in [2.45, 2.75) is 6.42 Å². The molecule has 0 saturated carbocycles. The summed E-state index contributed by atoms with van der Waals surface area (Å²) >= 11 is 1.64. The minimum Gasteiger partial charge on any atom is -0.267 e. The van der Waals surface area contributed by atoms with E-state index in [1.165, 1.54) is 0 Å². The number of hydrogen-bond donors (Lipinski definition) is 0. The van der Waals surface area contributed by atoms with E-state index in [2.05, 4.69) is 16.0 Å².